The number of aromatic nitrogens is 3. The number of nitrogens with zero attached hydrogens (tertiary/aromatic N) is 3. The van der Waals surface area contributed by atoms with Gasteiger partial charge in [0, 0.05) is 11.8 Å². The summed E-state index contributed by atoms with van der Waals surface area (Å²) in [5, 5.41) is 8.87. The van der Waals surface area contributed by atoms with Gasteiger partial charge in [-0.15, -0.1) is 10.2 Å². The van der Waals surface area contributed by atoms with Crippen molar-refractivity contribution in [3.63, 3.8) is 0 Å². The molecule has 2 rings (SSSR count). The standard InChI is InChI=1S/C15H22N4OS/c1-10(2)19-14(16)17-18-15(19)21-6-5-20-13-8-11(3)7-12(4)9-13/h7-10H,5-6H2,1-4H3,(H2,16,17). The van der Waals surface area contributed by atoms with Gasteiger partial charge in [0.1, 0.15) is 5.75 Å². The minimum Gasteiger partial charge on any atom is -0.493 e. The molecule has 0 saturated heterocycles. The lowest BCUT2D eigenvalue weighted by Crippen LogP contribution is -2.08. The summed E-state index contributed by atoms with van der Waals surface area (Å²) < 4.78 is 7.72. The molecule has 2 aromatic rings. The minimum atomic E-state index is 0.253. The summed E-state index contributed by atoms with van der Waals surface area (Å²) >= 11 is 1.61. The van der Waals surface area contributed by atoms with Crippen LogP contribution in [0.1, 0.15) is 31.0 Å². The number of nitrogens with two attached hydrogens (primary N) is 1. The first-order chi connectivity index (χ1) is 9.97. The summed E-state index contributed by atoms with van der Waals surface area (Å²) in [6.07, 6.45) is 0. The van der Waals surface area contributed by atoms with Crippen molar-refractivity contribution in [2.45, 2.75) is 38.9 Å². The topological polar surface area (TPSA) is 66.0 Å². The third-order valence-electron chi connectivity index (χ3n) is 2.99. The number of anilines is 1. The monoisotopic (exact) mass is 306 g/mol. The van der Waals surface area contributed by atoms with Gasteiger partial charge in [-0.3, -0.25) is 4.57 Å². The Balaban J connectivity index is 1.88. The maximum absolute atomic E-state index is 5.82. The van der Waals surface area contributed by atoms with Crippen LogP contribution in [0.15, 0.2) is 23.4 Å². The Kier molecular flexibility index (Phi) is 5.12. The maximum atomic E-state index is 5.82. The van der Waals surface area contributed by atoms with E-state index < -0.39 is 0 Å². The maximum Gasteiger partial charge on any atom is 0.222 e. The molecular formula is C15H22N4OS. The summed E-state index contributed by atoms with van der Waals surface area (Å²) in [5.41, 5.74) is 8.24. The van der Waals surface area contributed by atoms with Gasteiger partial charge in [-0.05, 0) is 51.0 Å². The van der Waals surface area contributed by atoms with E-state index in [1.807, 2.05) is 16.7 Å². The molecule has 1 heterocycles. The molecule has 0 bridgehead atoms. The number of nitrogen functional groups attached to an aromatic ring is 1. The highest BCUT2D eigenvalue weighted by Gasteiger charge is 2.12. The first-order valence-electron chi connectivity index (χ1n) is 7.01. The van der Waals surface area contributed by atoms with Crippen LogP contribution in [-0.2, 0) is 0 Å². The molecule has 0 spiro atoms. The smallest absolute Gasteiger partial charge is 0.222 e. The average Bonchev–Trinajstić information content (AvgIpc) is 2.75. The van der Waals surface area contributed by atoms with E-state index in [0.717, 1.165) is 16.7 Å². The van der Waals surface area contributed by atoms with Gasteiger partial charge in [-0.1, -0.05) is 17.8 Å². The number of rotatable bonds is 6. The van der Waals surface area contributed by atoms with Crippen LogP contribution in [0.5, 0.6) is 5.75 Å². The van der Waals surface area contributed by atoms with Crippen LogP contribution >= 0.6 is 11.8 Å². The predicted octanol–water partition coefficient (Wildman–Crippen LogP) is 3.23. The van der Waals surface area contributed by atoms with Crippen LogP contribution in [0.3, 0.4) is 0 Å². The second-order valence-electron chi connectivity index (χ2n) is 5.32. The van der Waals surface area contributed by atoms with Crippen molar-refractivity contribution >= 4 is 17.7 Å². The summed E-state index contributed by atoms with van der Waals surface area (Å²) in [5.74, 6) is 2.18. The van der Waals surface area contributed by atoms with Gasteiger partial charge in [0.05, 0.1) is 6.61 Å². The van der Waals surface area contributed by atoms with E-state index in [1.54, 1.807) is 11.8 Å². The van der Waals surface area contributed by atoms with Crippen molar-refractivity contribution in [2.24, 2.45) is 0 Å². The molecule has 0 saturated carbocycles. The SMILES string of the molecule is Cc1cc(C)cc(OCCSc2nnc(N)n2C(C)C)c1. The summed E-state index contributed by atoms with van der Waals surface area (Å²) in [6.45, 7) is 8.90. The number of aryl methyl sites for hydroxylation is 2. The molecule has 1 aromatic heterocycles. The van der Waals surface area contributed by atoms with Crippen LogP contribution in [0.25, 0.3) is 0 Å². The lowest BCUT2D eigenvalue weighted by Gasteiger charge is -2.11. The van der Waals surface area contributed by atoms with Crippen LogP contribution in [0.2, 0.25) is 0 Å². The molecule has 0 aliphatic carbocycles. The van der Waals surface area contributed by atoms with E-state index in [9.17, 15) is 0 Å². The van der Waals surface area contributed by atoms with Gasteiger partial charge in [-0.2, -0.15) is 0 Å². The number of ether oxygens (including phenoxy) is 1. The molecule has 0 unspecified atom stereocenters. The van der Waals surface area contributed by atoms with E-state index in [0.29, 0.717) is 12.6 Å². The Morgan fingerprint density at radius 1 is 1.19 bits per heavy atom. The quantitative estimate of drug-likeness (QED) is 0.655. The van der Waals surface area contributed by atoms with E-state index in [4.69, 9.17) is 10.5 Å². The molecule has 114 valence electrons. The van der Waals surface area contributed by atoms with Crippen molar-refractivity contribution in [1.29, 1.82) is 0 Å². The average molecular weight is 306 g/mol. The normalized spacial score (nSPS) is 11.1. The fraction of sp³-hybridized carbons (Fsp3) is 0.467. The fourth-order valence-electron chi connectivity index (χ4n) is 2.18. The van der Waals surface area contributed by atoms with Crippen molar-refractivity contribution in [3.8, 4) is 5.75 Å². The van der Waals surface area contributed by atoms with Crippen LogP contribution in [0, 0.1) is 13.8 Å². The van der Waals surface area contributed by atoms with Crippen LogP contribution in [-0.4, -0.2) is 27.1 Å². The molecule has 21 heavy (non-hydrogen) atoms. The van der Waals surface area contributed by atoms with Crippen molar-refractivity contribution < 1.29 is 4.74 Å². The van der Waals surface area contributed by atoms with E-state index in [1.165, 1.54) is 11.1 Å². The van der Waals surface area contributed by atoms with Crippen LogP contribution < -0.4 is 10.5 Å². The van der Waals surface area contributed by atoms with Gasteiger partial charge in [0.2, 0.25) is 5.95 Å². The van der Waals surface area contributed by atoms with Gasteiger partial charge < -0.3 is 10.5 Å². The molecule has 0 atom stereocenters. The second kappa shape index (κ2) is 6.85. The zero-order chi connectivity index (χ0) is 15.4. The lowest BCUT2D eigenvalue weighted by molar-refractivity contribution is 0.343. The highest BCUT2D eigenvalue weighted by Crippen LogP contribution is 2.23. The Bertz CT molecular complexity index is 589. The molecule has 0 radical (unpaired) electrons. The predicted molar refractivity (Wildman–Crippen MR) is 87.0 cm³/mol. The molecule has 0 aliphatic rings. The molecule has 1 aromatic carbocycles. The molecule has 2 N–H and O–H groups in total. The van der Waals surface area contributed by atoms with Crippen LogP contribution in [0.4, 0.5) is 5.95 Å². The number of benzene rings is 1. The van der Waals surface area contributed by atoms with Gasteiger partial charge in [0.15, 0.2) is 5.16 Å². The van der Waals surface area contributed by atoms with E-state index >= 15 is 0 Å². The lowest BCUT2D eigenvalue weighted by atomic mass is 10.1. The summed E-state index contributed by atoms with van der Waals surface area (Å²) in [6, 6.07) is 6.48. The zero-order valence-electron chi connectivity index (χ0n) is 13.0. The highest BCUT2D eigenvalue weighted by atomic mass is 32.2. The fourth-order valence-corrected chi connectivity index (χ4v) is 3.07. The molecule has 0 aliphatic heterocycles. The number of thioether (sulfide) groups is 1. The Hall–Kier alpha value is -1.69. The Labute approximate surface area is 129 Å². The largest absolute Gasteiger partial charge is 0.493 e. The molecule has 0 fully saturated rings. The zero-order valence-corrected chi connectivity index (χ0v) is 13.8. The number of hydrogen-bond donors (Lipinski definition) is 1. The third kappa shape index (κ3) is 4.14. The molecule has 0 amide bonds. The molecule has 6 heteroatoms. The first kappa shape index (κ1) is 15.7. The second-order valence-corrected chi connectivity index (χ2v) is 6.39. The van der Waals surface area contributed by atoms with Crippen molar-refractivity contribution in [3.05, 3.63) is 29.3 Å². The Morgan fingerprint density at radius 2 is 1.86 bits per heavy atom. The van der Waals surface area contributed by atoms with Gasteiger partial charge in [0.25, 0.3) is 0 Å². The minimum absolute atomic E-state index is 0.253. The van der Waals surface area contributed by atoms with Crippen molar-refractivity contribution in [1.82, 2.24) is 14.8 Å². The van der Waals surface area contributed by atoms with Crippen molar-refractivity contribution in [2.75, 3.05) is 18.1 Å². The Morgan fingerprint density at radius 3 is 2.48 bits per heavy atom. The number of hydrogen-bond acceptors (Lipinski definition) is 5. The highest BCUT2D eigenvalue weighted by molar-refractivity contribution is 7.99. The summed E-state index contributed by atoms with van der Waals surface area (Å²) in [7, 11) is 0. The third-order valence-corrected chi connectivity index (χ3v) is 3.89. The van der Waals surface area contributed by atoms with Gasteiger partial charge >= 0.3 is 0 Å². The van der Waals surface area contributed by atoms with E-state index in [-0.39, 0.29) is 6.04 Å². The molecular weight excluding hydrogens is 284 g/mol. The molecule has 5 nitrogen and oxygen atoms in total. The van der Waals surface area contributed by atoms with Gasteiger partial charge in [-0.25, -0.2) is 0 Å². The first-order valence-corrected chi connectivity index (χ1v) is 8.00. The summed E-state index contributed by atoms with van der Waals surface area (Å²) in [4.78, 5) is 0. The van der Waals surface area contributed by atoms with E-state index in [2.05, 4.69) is 44.0 Å².